The van der Waals surface area contributed by atoms with Gasteiger partial charge in [0.15, 0.2) is 5.78 Å². The van der Waals surface area contributed by atoms with Gasteiger partial charge in [-0.2, -0.15) is 0 Å². The average molecular weight is 224 g/mol. The summed E-state index contributed by atoms with van der Waals surface area (Å²) < 4.78 is 0. The Bertz CT molecular complexity index is 429. The number of benzene rings is 1. The molecule has 0 saturated heterocycles. The molecule has 6 nitrogen and oxygen atoms in total. The van der Waals surface area contributed by atoms with Crippen LogP contribution in [0.1, 0.15) is 16.8 Å². The first-order valence-corrected chi connectivity index (χ1v) is 4.47. The minimum Gasteiger partial charge on any atom is -0.478 e. The number of nitrogen functional groups attached to an aromatic ring is 1. The Hall–Kier alpha value is -1.92. The highest BCUT2D eigenvalue weighted by atomic mass is 16.4. The fraction of sp³-hybridized carbons (Fsp3) is 0.200. The number of Topliss-reactive ketones (excluding diaryl/α,β-unsaturated/α-hetero) is 1. The molecule has 1 rings (SSSR count). The highest BCUT2D eigenvalue weighted by Gasteiger charge is 2.34. The maximum Gasteiger partial charge on any atom is 0.351 e. The molecule has 1 atom stereocenters. The summed E-state index contributed by atoms with van der Waals surface area (Å²) in [6, 6.07) is 6.16. The molecule has 0 aliphatic heterocycles. The van der Waals surface area contributed by atoms with Crippen LogP contribution in [0, 0.1) is 0 Å². The zero-order valence-electron chi connectivity index (χ0n) is 8.38. The molecule has 1 unspecified atom stereocenters. The Morgan fingerprint density at radius 1 is 1.31 bits per heavy atom. The standard InChI is InChI=1S/C10H12N2O4/c11-7-4-2-1-3-6(7)8(13)5-10(12,16)9(14)15/h1-4,16H,5,11-12H2,(H,14,15). The van der Waals surface area contributed by atoms with Crippen LogP contribution in [-0.4, -0.2) is 27.7 Å². The highest BCUT2D eigenvalue weighted by molar-refractivity contribution is 6.03. The normalized spacial score (nSPS) is 14.1. The van der Waals surface area contributed by atoms with Crippen LogP contribution >= 0.6 is 0 Å². The van der Waals surface area contributed by atoms with Gasteiger partial charge in [0, 0.05) is 11.3 Å². The number of aliphatic carboxylic acids is 1. The summed E-state index contributed by atoms with van der Waals surface area (Å²) in [7, 11) is 0. The second-order valence-corrected chi connectivity index (χ2v) is 3.42. The zero-order chi connectivity index (χ0) is 12.3. The van der Waals surface area contributed by atoms with Crippen LogP contribution in [-0.2, 0) is 4.79 Å². The minimum absolute atomic E-state index is 0.146. The van der Waals surface area contributed by atoms with Gasteiger partial charge in [0.25, 0.3) is 0 Å². The summed E-state index contributed by atoms with van der Waals surface area (Å²) in [6.45, 7) is 0. The monoisotopic (exact) mass is 224 g/mol. The van der Waals surface area contributed by atoms with Gasteiger partial charge in [-0.3, -0.25) is 10.5 Å². The number of nitrogens with two attached hydrogens (primary N) is 2. The molecule has 0 aromatic heterocycles. The number of rotatable bonds is 4. The van der Waals surface area contributed by atoms with Crippen molar-refractivity contribution < 1.29 is 19.8 Å². The molecule has 1 aromatic carbocycles. The van der Waals surface area contributed by atoms with E-state index >= 15 is 0 Å². The average Bonchev–Trinajstić information content (AvgIpc) is 2.17. The number of para-hydroxylation sites is 1. The molecule has 0 saturated carbocycles. The van der Waals surface area contributed by atoms with Crippen molar-refractivity contribution in [3.05, 3.63) is 29.8 Å². The van der Waals surface area contributed by atoms with Crippen molar-refractivity contribution in [1.82, 2.24) is 0 Å². The summed E-state index contributed by atoms with van der Waals surface area (Å²) in [6.07, 6.45) is -0.726. The van der Waals surface area contributed by atoms with Gasteiger partial charge in [-0.15, -0.1) is 0 Å². The Morgan fingerprint density at radius 2 is 1.88 bits per heavy atom. The van der Waals surface area contributed by atoms with Crippen LogP contribution in [0.2, 0.25) is 0 Å². The largest absolute Gasteiger partial charge is 0.478 e. The third kappa shape index (κ3) is 2.56. The maximum atomic E-state index is 11.6. The van der Waals surface area contributed by atoms with E-state index < -0.39 is 23.9 Å². The van der Waals surface area contributed by atoms with Gasteiger partial charge >= 0.3 is 5.97 Å². The van der Waals surface area contributed by atoms with Crippen LogP contribution in [0.15, 0.2) is 24.3 Å². The first-order valence-electron chi connectivity index (χ1n) is 4.47. The van der Waals surface area contributed by atoms with Crippen LogP contribution in [0.5, 0.6) is 0 Å². The van der Waals surface area contributed by atoms with Gasteiger partial charge in [-0.1, -0.05) is 12.1 Å². The minimum atomic E-state index is -2.57. The topological polar surface area (TPSA) is 127 Å². The third-order valence-electron chi connectivity index (χ3n) is 2.06. The van der Waals surface area contributed by atoms with Gasteiger partial charge in [0.05, 0.1) is 6.42 Å². The predicted molar refractivity (Wildman–Crippen MR) is 56.6 cm³/mol. The van der Waals surface area contributed by atoms with Gasteiger partial charge in [-0.05, 0) is 12.1 Å². The van der Waals surface area contributed by atoms with E-state index in [4.69, 9.17) is 16.6 Å². The van der Waals surface area contributed by atoms with Crippen molar-refractivity contribution in [2.75, 3.05) is 5.73 Å². The van der Waals surface area contributed by atoms with Gasteiger partial charge in [0.1, 0.15) is 0 Å². The molecule has 0 fully saturated rings. The summed E-state index contributed by atoms with van der Waals surface area (Å²) in [4.78, 5) is 22.1. The molecular formula is C10H12N2O4. The lowest BCUT2D eigenvalue weighted by Crippen LogP contribution is -2.49. The molecule has 6 heteroatoms. The summed E-state index contributed by atoms with van der Waals surface area (Å²) in [5, 5.41) is 17.8. The molecule has 0 bridgehead atoms. The smallest absolute Gasteiger partial charge is 0.351 e. The molecule has 0 amide bonds. The van der Waals surface area contributed by atoms with E-state index in [0.29, 0.717) is 0 Å². The Labute approximate surface area is 91.5 Å². The fourth-order valence-electron chi connectivity index (χ4n) is 1.17. The fourth-order valence-corrected chi connectivity index (χ4v) is 1.17. The first kappa shape index (κ1) is 12.2. The van der Waals surface area contributed by atoms with Crippen molar-refractivity contribution in [1.29, 1.82) is 0 Å². The number of hydrogen-bond acceptors (Lipinski definition) is 5. The van der Waals surface area contributed by atoms with Crippen LogP contribution in [0.25, 0.3) is 0 Å². The lowest BCUT2D eigenvalue weighted by Gasteiger charge is -2.16. The van der Waals surface area contributed by atoms with Crippen molar-refractivity contribution >= 4 is 17.4 Å². The lowest BCUT2D eigenvalue weighted by molar-refractivity contribution is -0.157. The molecule has 86 valence electrons. The molecule has 1 aromatic rings. The first-order chi connectivity index (χ1) is 7.34. The van der Waals surface area contributed by atoms with Crippen molar-refractivity contribution in [3.8, 4) is 0 Å². The third-order valence-corrected chi connectivity index (χ3v) is 2.06. The Balaban J connectivity index is 2.89. The second-order valence-electron chi connectivity index (χ2n) is 3.42. The van der Waals surface area contributed by atoms with Gasteiger partial charge in [-0.25, -0.2) is 4.79 Å². The number of hydrogen-bond donors (Lipinski definition) is 4. The van der Waals surface area contributed by atoms with Crippen molar-refractivity contribution in [3.63, 3.8) is 0 Å². The summed E-state index contributed by atoms with van der Waals surface area (Å²) in [5.74, 6) is -2.28. The number of carbonyl (C=O) groups excluding carboxylic acids is 1. The number of carboxylic acids is 1. The molecule has 0 radical (unpaired) electrons. The molecule has 0 aliphatic rings. The number of aliphatic hydroxyl groups is 1. The van der Waals surface area contributed by atoms with E-state index in [9.17, 15) is 14.7 Å². The number of anilines is 1. The Kier molecular flexibility index (Phi) is 3.26. The number of carboxylic acid groups (broad SMARTS) is 1. The van der Waals surface area contributed by atoms with Crippen LogP contribution in [0.4, 0.5) is 5.69 Å². The van der Waals surface area contributed by atoms with Crippen molar-refractivity contribution in [2.24, 2.45) is 5.73 Å². The van der Waals surface area contributed by atoms with Crippen LogP contribution in [0.3, 0.4) is 0 Å². The molecule has 0 spiro atoms. The SMILES string of the molecule is Nc1ccccc1C(=O)CC(N)(O)C(=O)O. The van der Waals surface area contributed by atoms with E-state index in [1.54, 1.807) is 12.1 Å². The highest BCUT2D eigenvalue weighted by Crippen LogP contribution is 2.16. The molecular weight excluding hydrogens is 212 g/mol. The summed E-state index contributed by atoms with van der Waals surface area (Å²) >= 11 is 0. The van der Waals surface area contributed by atoms with E-state index in [2.05, 4.69) is 0 Å². The van der Waals surface area contributed by atoms with E-state index in [0.717, 1.165) is 0 Å². The van der Waals surface area contributed by atoms with Gasteiger partial charge < -0.3 is 15.9 Å². The second kappa shape index (κ2) is 4.30. The van der Waals surface area contributed by atoms with Crippen molar-refractivity contribution in [2.45, 2.75) is 12.1 Å². The molecule has 6 N–H and O–H groups in total. The molecule has 0 aliphatic carbocycles. The van der Waals surface area contributed by atoms with Crippen LogP contribution < -0.4 is 11.5 Å². The van der Waals surface area contributed by atoms with E-state index in [1.807, 2.05) is 0 Å². The predicted octanol–water partition coefficient (Wildman–Crippen LogP) is -0.427. The summed E-state index contributed by atoms with van der Waals surface area (Å²) in [5.41, 5.74) is 8.36. The molecule has 16 heavy (non-hydrogen) atoms. The van der Waals surface area contributed by atoms with E-state index in [-0.39, 0.29) is 11.3 Å². The maximum absolute atomic E-state index is 11.6. The zero-order valence-corrected chi connectivity index (χ0v) is 8.38. The van der Waals surface area contributed by atoms with Gasteiger partial charge in [0.2, 0.25) is 5.72 Å². The quantitative estimate of drug-likeness (QED) is 0.312. The number of carbonyl (C=O) groups is 2. The van der Waals surface area contributed by atoms with E-state index in [1.165, 1.54) is 12.1 Å². The Morgan fingerprint density at radius 3 is 2.38 bits per heavy atom. The molecule has 0 heterocycles. The number of ketones is 1. The lowest BCUT2D eigenvalue weighted by atomic mass is 10.0.